The van der Waals surface area contributed by atoms with Crippen LogP contribution in [0.3, 0.4) is 0 Å². The number of para-hydroxylation sites is 1. The van der Waals surface area contributed by atoms with E-state index in [2.05, 4.69) is 37.9 Å². The van der Waals surface area contributed by atoms with E-state index >= 15 is 0 Å². The lowest BCUT2D eigenvalue weighted by molar-refractivity contribution is 0.602. The second-order valence-corrected chi connectivity index (χ2v) is 5.59. The van der Waals surface area contributed by atoms with Crippen molar-refractivity contribution in [3.8, 4) is 5.69 Å². The number of rotatable bonds is 6. The van der Waals surface area contributed by atoms with Gasteiger partial charge in [0.15, 0.2) is 0 Å². The van der Waals surface area contributed by atoms with Crippen molar-refractivity contribution in [2.75, 3.05) is 11.9 Å². The van der Waals surface area contributed by atoms with Crippen molar-refractivity contribution in [2.24, 2.45) is 5.73 Å². The minimum absolute atomic E-state index is 0.457. The Morgan fingerprint density at radius 2 is 1.95 bits per heavy atom. The van der Waals surface area contributed by atoms with E-state index in [4.69, 9.17) is 10.8 Å². The maximum atomic E-state index is 5.97. The molecule has 0 amide bonds. The van der Waals surface area contributed by atoms with Crippen molar-refractivity contribution < 1.29 is 0 Å². The number of benzene rings is 1. The molecule has 4 nitrogen and oxygen atoms in total. The lowest BCUT2D eigenvalue weighted by atomic mass is 10.1. The van der Waals surface area contributed by atoms with Crippen LogP contribution in [0.25, 0.3) is 5.69 Å². The van der Waals surface area contributed by atoms with Crippen molar-refractivity contribution >= 4 is 5.82 Å². The molecule has 0 fully saturated rings. The Labute approximate surface area is 127 Å². The summed E-state index contributed by atoms with van der Waals surface area (Å²) in [6.45, 7) is 7.01. The van der Waals surface area contributed by atoms with Gasteiger partial charge in [-0.3, -0.25) is 0 Å². The first-order valence-corrected chi connectivity index (χ1v) is 7.67. The third kappa shape index (κ3) is 3.10. The van der Waals surface area contributed by atoms with Gasteiger partial charge < -0.3 is 10.6 Å². The summed E-state index contributed by atoms with van der Waals surface area (Å²) < 4.78 is 2.02. The molecule has 1 atom stereocenters. The van der Waals surface area contributed by atoms with Gasteiger partial charge in [0.05, 0.1) is 11.4 Å². The predicted octanol–water partition coefficient (Wildman–Crippen LogP) is 3.26. The van der Waals surface area contributed by atoms with Gasteiger partial charge in [0.25, 0.3) is 0 Å². The molecule has 0 aliphatic carbocycles. The molecule has 21 heavy (non-hydrogen) atoms. The average Bonchev–Trinajstić information content (AvgIpc) is 2.84. The summed E-state index contributed by atoms with van der Waals surface area (Å²) >= 11 is 0. The molecular weight excluding hydrogens is 260 g/mol. The van der Waals surface area contributed by atoms with Crippen molar-refractivity contribution in [2.45, 2.75) is 46.2 Å². The molecule has 0 spiro atoms. The molecule has 1 unspecified atom stereocenters. The summed E-state index contributed by atoms with van der Waals surface area (Å²) in [7, 11) is 2.13. The van der Waals surface area contributed by atoms with Gasteiger partial charge in [-0.25, -0.2) is 4.68 Å². The first-order chi connectivity index (χ1) is 10.1. The molecule has 0 bridgehead atoms. The van der Waals surface area contributed by atoms with Crippen LogP contribution >= 0.6 is 0 Å². The van der Waals surface area contributed by atoms with Gasteiger partial charge in [-0.05, 0) is 32.4 Å². The van der Waals surface area contributed by atoms with E-state index in [-0.39, 0.29) is 0 Å². The second-order valence-electron chi connectivity index (χ2n) is 5.59. The quantitative estimate of drug-likeness (QED) is 0.886. The zero-order chi connectivity index (χ0) is 15.4. The number of aromatic nitrogens is 2. The Hall–Kier alpha value is -1.81. The molecule has 1 aromatic carbocycles. The van der Waals surface area contributed by atoms with E-state index in [9.17, 15) is 0 Å². The molecule has 1 aromatic heterocycles. The van der Waals surface area contributed by atoms with Crippen LogP contribution in [0, 0.1) is 6.92 Å². The number of nitrogens with two attached hydrogens (primary N) is 1. The zero-order valence-corrected chi connectivity index (χ0v) is 13.5. The summed E-state index contributed by atoms with van der Waals surface area (Å²) in [5.41, 5.74) is 9.19. The van der Waals surface area contributed by atoms with Crippen LogP contribution in [0.1, 0.15) is 37.9 Å². The van der Waals surface area contributed by atoms with Gasteiger partial charge in [0.1, 0.15) is 5.82 Å². The predicted molar refractivity (Wildman–Crippen MR) is 89.0 cm³/mol. The standard InChI is InChI=1S/C17H26N4/c1-5-9-13(2)20(4)17-16(12-18)14(3)19-21(17)15-10-7-6-8-11-15/h6-8,10-11,13H,5,9,12,18H2,1-4H3. The lowest BCUT2D eigenvalue weighted by Gasteiger charge is -2.28. The topological polar surface area (TPSA) is 47.1 Å². The minimum atomic E-state index is 0.457. The molecule has 2 N–H and O–H groups in total. The van der Waals surface area contributed by atoms with Crippen LogP contribution in [0.5, 0.6) is 0 Å². The Bertz CT molecular complexity index is 574. The van der Waals surface area contributed by atoms with Crippen molar-refractivity contribution in [3.63, 3.8) is 0 Å². The van der Waals surface area contributed by atoms with Crippen LogP contribution < -0.4 is 10.6 Å². The van der Waals surface area contributed by atoms with Gasteiger partial charge in [0, 0.05) is 25.2 Å². The first-order valence-electron chi connectivity index (χ1n) is 7.67. The zero-order valence-electron chi connectivity index (χ0n) is 13.5. The Balaban J connectivity index is 2.52. The highest BCUT2D eigenvalue weighted by atomic mass is 15.4. The van der Waals surface area contributed by atoms with E-state index < -0.39 is 0 Å². The molecule has 2 rings (SSSR count). The van der Waals surface area contributed by atoms with E-state index in [1.54, 1.807) is 0 Å². The summed E-state index contributed by atoms with van der Waals surface area (Å²) in [6.07, 6.45) is 2.32. The number of hydrogen-bond donors (Lipinski definition) is 1. The van der Waals surface area contributed by atoms with Crippen molar-refractivity contribution in [1.82, 2.24) is 9.78 Å². The number of nitrogens with zero attached hydrogens (tertiary/aromatic N) is 3. The molecule has 1 heterocycles. The lowest BCUT2D eigenvalue weighted by Crippen LogP contribution is -2.31. The molecule has 0 aliphatic heterocycles. The Morgan fingerprint density at radius 1 is 1.29 bits per heavy atom. The highest BCUT2D eigenvalue weighted by molar-refractivity contribution is 5.55. The molecule has 0 saturated carbocycles. The number of anilines is 1. The van der Waals surface area contributed by atoms with Crippen molar-refractivity contribution in [3.05, 3.63) is 41.6 Å². The third-order valence-electron chi connectivity index (χ3n) is 4.06. The largest absolute Gasteiger partial charge is 0.357 e. The van der Waals surface area contributed by atoms with Gasteiger partial charge in [-0.2, -0.15) is 5.10 Å². The van der Waals surface area contributed by atoms with E-state index in [0.29, 0.717) is 12.6 Å². The van der Waals surface area contributed by atoms with Crippen LogP contribution in [0.2, 0.25) is 0 Å². The van der Waals surface area contributed by atoms with Gasteiger partial charge >= 0.3 is 0 Å². The summed E-state index contributed by atoms with van der Waals surface area (Å²) in [5.74, 6) is 1.11. The normalized spacial score (nSPS) is 12.4. The number of aryl methyl sites for hydroxylation is 1. The van der Waals surface area contributed by atoms with E-state index in [1.807, 2.05) is 29.8 Å². The smallest absolute Gasteiger partial charge is 0.137 e. The van der Waals surface area contributed by atoms with Crippen LogP contribution in [-0.4, -0.2) is 22.9 Å². The van der Waals surface area contributed by atoms with Gasteiger partial charge in [-0.15, -0.1) is 0 Å². The first kappa shape index (κ1) is 15.6. The fourth-order valence-electron chi connectivity index (χ4n) is 2.72. The van der Waals surface area contributed by atoms with Crippen LogP contribution in [-0.2, 0) is 6.54 Å². The van der Waals surface area contributed by atoms with Gasteiger partial charge in [-0.1, -0.05) is 31.5 Å². The van der Waals surface area contributed by atoms with E-state index in [1.165, 1.54) is 6.42 Å². The van der Waals surface area contributed by atoms with E-state index in [0.717, 1.165) is 29.2 Å². The fourth-order valence-corrected chi connectivity index (χ4v) is 2.72. The molecule has 0 aliphatic rings. The molecule has 2 aromatic rings. The summed E-state index contributed by atoms with van der Waals surface area (Å²) in [4.78, 5) is 2.30. The van der Waals surface area contributed by atoms with Crippen LogP contribution in [0.15, 0.2) is 30.3 Å². The second kappa shape index (κ2) is 6.76. The molecule has 0 radical (unpaired) electrons. The monoisotopic (exact) mass is 286 g/mol. The average molecular weight is 286 g/mol. The fraction of sp³-hybridized carbons (Fsp3) is 0.471. The van der Waals surface area contributed by atoms with Gasteiger partial charge in [0.2, 0.25) is 0 Å². The Kier molecular flexibility index (Phi) is 5.02. The summed E-state index contributed by atoms with van der Waals surface area (Å²) in [5, 5.41) is 4.71. The minimum Gasteiger partial charge on any atom is -0.357 e. The molecule has 114 valence electrons. The molecule has 4 heteroatoms. The highest BCUT2D eigenvalue weighted by Crippen LogP contribution is 2.28. The van der Waals surface area contributed by atoms with Crippen molar-refractivity contribution in [1.29, 1.82) is 0 Å². The summed E-state index contributed by atoms with van der Waals surface area (Å²) in [6, 6.07) is 10.7. The molecule has 0 saturated heterocycles. The Morgan fingerprint density at radius 3 is 2.52 bits per heavy atom. The third-order valence-corrected chi connectivity index (χ3v) is 4.06. The maximum Gasteiger partial charge on any atom is 0.137 e. The van der Waals surface area contributed by atoms with Crippen LogP contribution in [0.4, 0.5) is 5.82 Å². The SMILES string of the molecule is CCCC(C)N(C)c1c(CN)c(C)nn1-c1ccccc1. The molecular formula is C17H26N4. The highest BCUT2D eigenvalue weighted by Gasteiger charge is 2.21. The maximum absolute atomic E-state index is 5.97. The number of hydrogen-bond acceptors (Lipinski definition) is 3.